The molecule has 1 aromatic carbocycles. The van der Waals surface area contributed by atoms with Crippen LogP contribution in [0.4, 0.5) is 18.9 Å². The van der Waals surface area contributed by atoms with E-state index in [-0.39, 0.29) is 6.04 Å². The minimum absolute atomic E-state index is 0.253. The van der Waals surface area contributed by atoms with Crippen molar-refractivity contribution in [3.8, 4) is 0 Å². The Bertz CT molecular complexity index is 471. The second-order valence-corrected chi connectivity index (χ2v) is 5.73. The summed E-state index contributed by atoms with van der Waals surface area (Å²) in [5, 5.41) is 3.32. The van der Waals surface area contributed by atoms with Crippen molar-refractivity contribution in [2.45, 2.75) is 45.3 Å². The summed E-state index contributed by atoms with van der Waals surface area (Å²) in [4.78, 5) is 2.39. The predicted octanol–water partition coefficient (Wildman–Crippen LogP) is 4.30. The maximum atomic E-state index is 12.8. The van der Waals surface area contributed by atoms with Gasteiger partial charge in [-0.3, -0.25) is 0 Å². The van der Waals surface area contributed by atoms with Crippen molar-refractivity contribution in [2.24, 2.45) is 0 Å². The van der Waals surface area contributed by atoms with Gasteiger partial charge in [-0.05, 0) is 57.0 Å². The highest BCUT2D eigenvalue weighted by Gasteiger charge is 2.31. The number of benzene rings is 1. The van der Waals surface area contributed by atoms with Gasteiger partial charge in [0.2, 0.25) is 0 Å². The molecule has 5 heteroatoms. The lowest BCUT2D eigenvalue weighted by molar-refractivity contribution is -0.137. The number of aryl methyl sites for hydroxylation is 1. The van der Waals surface area contributed by atoms with Crippen LogP contribution in [0, 0.1) is 6.92 Å². The number of hydrogen-bond acceptors (Lipinski definition) is 2. The Kier molecular flexibility index (Phi) is 5.14. The summed E-state index contributed by atoms with van der Waals surface area (Å²) in [6.07, 6.45) is -1.22. The zero-order valence-electron chi connectivity index (χ0n) is 12.6. The van der Waals surface area contributed by atoms with Gasteiger partial charge in [-0.15, -0.1) is 0 Å². The first kappa shape index (κ1) is 16.1. The van der Waals surface area contributed by atoms with Gasteiger partial charge >= 0.3 is 6.18 Å². The van der Waals surface area contributed by atoms with Crippen LogP contribution in [0.2, 0.25) is 0 Å². The standard InChI is InChI=1S/C16H23F3N2/c1-3-21-9-4-5-14(8-10-21)20-15-11-13(16(17,18)19)7-6-12(15)2/h6-7,11,14,20H,3-5,8-10H2,1-2H3. The Morgan fingerprint density at radius 2 is 2.00 bits per heavy atom. The van der Waals surface area contributed by atoms with Gasteiger partial charge in [0.1, 0.15) is 0 Å². The second kappa shape index (κ2) is 6.69. The fraction of sp³-hybridized carbons (Fsp3) is 0.625. The van der Waals surface area contributed by atoms with Gasteiger partial charge in [-0.25, -0.2) is 0 Å². The maximum absolute atomic E-state index is 12.8. The predicted molar refractivity (Wildman–Crippen MR) is 79.6 cm³/mol. The Balaban J connectivity index is 2.08. The van der Waals surface area contributed by atoms with Crippen molar-refractivity contribution in [3.05, 3.63) is 29.3 Å². The molecule has 1 fully saturated rings. The van der Waals surface area contributed by atoms with Crippen LogP contribution in [0.5, 0.6) is 0 Å². The van der Waals surface area contributed by atoms with E-state index < -0.39 is 11.7 Å². The minimum atomic E-state index is -4.29. The van der Waals surface area contributed by atoms with E-state index in [2.05, 4.69) is 17.1 Å². The molecule has 0 radical (unpaired) electrons. The SMILES string of the molecule is CCN1CCCC(Nc2cc(C(F)(F)F)ccc2C)CC1. The zero-order valence-corrected chi connectivity index (χ0v) is 12.6. The number of halogens is 3. The van der Waals surface area contributed by atoms with E-state index in [0.717, 1.165) is 50.5 Å². The van der Waals surface area contributed by atoms with Gasteiger partial charge in [-0.2, -0.15) is 13.2 Å². The van der Waals surface area contributed by atoms with Gasteiger partial charge in [0.15, 0.2) is 0 Å². The smallest absolute Gasteiger partial charge is 0.382 e. The number of likely N-dealkylation sites (tertiary alicyclic amines) is 1. The highest BCUT2D eigenvalue weighted by Crippen LogP contribution is 2.32. The average Bonchev–Trinajstić information content (AvgIpc) is 2.65. The normalized spacial score (nSPS) is 21.1. The summed E-state index contributed by atoms with van der Waals surface area (Å²) in [6.45, 7) is 7.11. The van der Waals surface area contributed by atoms with Crippen LogP contribution in [-0.4, -0.2) is 30.6 Å². The van der Waals surface area contributed by atoms with E-state index >= 15 is 0 Å². The monoisotopic (exact) mass is 300 g/mol. The first-order chi connectivity index (χ1) is 9.90. The summed E-state index contributed by atoms with van der Waals surface area (Å²) in [5.41, 5.74) is 0.888. The molecule has 0 aromatic heterocycles. The lowest BCUT2D eigenvalue weighted by atomic mass is 10.1. The molecule has 2 nitrogen and oxygen atoms in total. The molecule has 1 unspecified atom stereocenters. The van der Waals surface area contributed by atoms with Gasteiger partial charge in [0, 0.05) is 18.3 Å². The van der Waals surface area contributed by atoms with Crippen molar-refractivity contribution in [3.63, 3.8) is 0 Å². The third kappa shape index (κ3) is 4.37. The Morgan fingerprint density at radius 3 is 2.67 bits per heavy atom. The summed E-state index contributed by atoms with van der Waals surface area (Å²) in [7, 11) is 0. The van der Waals surface area contributed by atoms with Crippen LogP contribution in [0.3, 0.4) is 0 Å². The van der Waals surface area contributed by atoms with Gasteiger partial charge in [-0.1, -0.05) is 13.0 Å². The fourth-order valence-corrected chi connectivity index (χ4v) is 2.79. The van der Waals surface area contributed by atoms with Gasteiger partial charge < -0.3 is 10.2 Å². The quantitative estimate of drug-likeness (QED) is 0.895. The molecule has 1 aromatic rings. The Hall–Kier alpha value is -1.23. The molecule has 0 amide bonds. The molecule has 1 heterocycles. The van der Waals surface area contributed by atoms with Crippen LogP contribution in [0.25, 0.3) is 0 Å². The van der Waals surface area contributed by atoms with Gasteiger partial charge in [0.25, 0.3) is 0 Å². The maximum Gasteiger partial charge on any atom is 0.416 e. The number of alkyl halides is 3. The highest BCUT2D eigenvalue weighted by molar-refractivity contribution is 5.53. The van der Waals surface area contributed by atoms with E-state index in [1.165, 1.54) is 6.07 Å². The lowest BCUT2D eigenvalue weighted by Crippen LogP contribution is -2.26. The number of anilines is 1. The summed E-state index contributed by atoms with van der Waals surface area (Å²) in [5.74, 6) is 0. The molecule has 1 saturated heterocycles. The molecule has 1 atom stereocenters. The Labute approximate surface area is 124 Å². The molecular weight excluding hydrogens is 277 g/mol. The molecule has 0 aliphatic carbocycles. The first-order valence-corrected chi connectivity index (χ1v) is 7.57. The van der Waals surface area contributed by atoms with Crippen molar-refractivity contribution in [2.75, 3.05) is 25.0 Å². The molecular formula is C16H23F3N2. The second-order valence-electron chi connectivity index (χ2n) is 5.73. The van der Waals surface area contributed by atoms with Crippen LogP contribution in [0.15, 0.2) is 18.2 Å². The Morgan fingerprint density at radius 1 is 1.24 bits per heavy atom. The molecule has 21 heavy (non-hydrogen) atoms. The van der Waals surface area contributed by atoms with E-state index in [1.807, 2.05) is 6.92 Å². The first-order valence-electron chi connectivity index (χ1n) is 7.57. The van der Waals surface area contributed by atoms with E-state index in [0.29, 0.717) is 5.69 Å². The molecule has 0 saturated carbocycles. The fourth-order valence-electron chi connectivity index (χ4n) is 2.79. The summed E-state index contributed by atoms with van der Waals surface area (Å²) in [6, 6.07) is 4.17. The molecule has 0 bridgehead atoms. The lowest BCUT2D eigenvalue weighted by Gasteiger charge is -2.21. The summed E-state index contributed by atoms with van der Waals surface area (Å²) >= 11 is 0. The van der Waals surface area contributed by atoms with Crippen molar-refractivity contribution in [1.29, 1.82) is 0 Å². The third-order valence-corrected chi connectivity index (χ3v) is 4.19. The number of hydrogen-bond donors (Lipinski definition) is 1. The number of nitrogens with zero attached hydrogens (tertiary/aromatic N) is 1. The third-order valence-electron chi connectivity index (χ3n) is 4.19. The van der Waals surface area contributed by atoms with E-state index in [9.17, 15) is 13.2 Å². The van der Waals surface area contributed by atoms with Crippen LogP contribution in [0.1, 0.15) is 37.3 Å². The molecule has 2 rings (SSSR count). The van der Waals surface area contributed by atoms with Crippen molar-refractivity contribution < 1.29 is 13.2 Å². The molecule has 1 aliphatic heterocycles. The van der Waals surface area contributed by atoms with Crippen molar-refractivity contribution >= 4 is 5.69 Å². The number of nitrogens with one attached hydrogen (secondary N) is 1. The van der Waals surface area contributed by atoms with E-state index in [1.54, 1.807) is 6.07 Å². The van der Waals surface area contributed by atoms with Gasteiger partial charge in [0.05, 0.1) is 5.56 Å². The van der Waals surface area contributed by atoms with Crippen LogP contribution in [-0.2, 0) is 6.18 Å². The average molecular weight is 300 g/mol. The topological polar surface area (TPSA) is 15.3 Å². The molecule has 0 spiro atoms. The summed E-state index contributed by atoms with van der Waals surface area (Å²) < 4.78 is 38.4. The molecule has 118 valence electrons. The molecule has 1 aliphatic rings. The molecule has 1 N–H and O–H groups in total. The van der Waals surface area contributed by atoms with E-state index in [4.69, 9.17) is 0 Å². The largest absolute Gasteiger partial charge is 0.416 e. The zero-order chi connectivity index (χ0) is 15.5. The highest BCUT2D eigenvalue weighted by atomic mass is 19.4. The minimum Gasteiger partial charge on any atom is -0.382 e. The van der Waals surface area contributed by atoms with Crippen LogP contribution < -0.4 is 5.32 Å². The number of rotatable bonds is 3. The van der Waals surface area contributed by atoms with Crippen molar-refractivity contribution in [1.82, 2.24) is 4.90 Å². The van der Waals surface area contributed by atoms with Crippen LogP contribution >= 0.6 is 0 Å².